The maximum Gasteiger partial charge on any atom is 0.267 e. The fraction of sp³-hybridized carbons (Fsp3) is 0.154. The Morgan fingerprint density at radius 2 is 2.26 bits per heavy atom. The van der Waals surface area contributed by atoms with Gasteiger partial charge in [-0.2, -0.15) is 0 Å². The lowest BCUT2D eigenvalue weighted by Crippen LogP contribution is -2.13. The van der Waals surface area contributed by atoms with Crippen LogP contribution in [0.2, 0.25) is 5.02 Å². The van der Waals surface area contributed by atoms with Gasteiger partial charge in [0.15, 0.2) is 0 Å². The van der Waals surface area contributed by atoms with Gasteiger partial charge < -0.3 is 15.8 Å². The molecule has 1 amide bonds. The molecule has 100 valence electrons. The maximum atomic E-state index is 12.1. The van der Waals surface area contributed by atoms with Crippen LogP contribution in [0.4, 0.5) is 11.4 Å². The van der Waals surface area contributed by atoms with E-state index in [9.17, 15) is 4.79 Å². The van der Waals surface area contributed by atoms with Crippen molar-refractivity contribution in [2.45, 2.75) is 6.92 Å². The molecule has 0 aliphatic carbocycles. The van der Waals surface area contributed by atoms with E-state index in [1.165, 1.54) is 11.3 Å². The number of rotatable bonds is 4. The molecule has 2 rings (SSSR count). The van der Waals surface area contributed by atoms with Crippen LogP contribution in [0, 0.1) is 0 Å². The molecule has 3 N–H and O–H groups in total. The molecule has 0 saturated heterocycles. The highest BCUT2D eigenvalue weighted by Gasteiger charge is 2.14. The summed E-state index contributed by atoms with van der Waals surface area (Å²) in [7, 11) is 0. The molecule has 0 atom stereocenters. The highest BCUT2D eigenvalue weighted by molar-refractivity contribution is 7.12. The number of carbonyl (C=O) groups excluding carboxylic acids is 1. The highest BCUT2D eigenvalue weighted by Crippen LogP contribution is 2.29. The largest absolute Gasteiger partial charge is 0.492 e. The molecule has 19 heavy (non-hydrogen) atoms. The van der Waals surface area contributed by atoms with Gasteiger partial charge in [-0.25, -0.2) is 0 Å². The Morgan fingerprint density at radius 3 is 2.89 bits per heavy atom. The monoisotopic (exact) mass is 296 g/mol. The lowest BCUT2D eigenvalue weighted by atomic mass is 10.2. The highest BCUT2D eigenvalue weighted by atomic mass is 35.5. The summed E-state index contributed by atoms with van der Waals surface area (Å²) in [6, 6.07) is 6.77. The zero-order chi connectivity index (χ0) is 13.8. The van der Waals surface area contributed by atoms with Gasteiger partial charge in [0.25, 0.3) is 5.91 Å². The van der Waals surface area contributed by atoms with Crippen LogP contribution in [0.3, 0.4) is 0 Å². The number of hydrogen-bond acceptors (Lipinski definition) is 4. The number of hydrogen-bond donors (Lipinski definition) is 2. The van der Waals surface area contributed by atoms with Gasteiger partial charge in [0, 0.05) is 5.02 Å². The number of thiophene rings is 1. The molecule has 1 aromatic heterocycles. The molecular weight excluding hydrogens is 284 g/mol. The zero-order valence-corrected chi connectivity index (χ0v) is 11.8. The van der Waals surface area contributed by atoms with Crippen LogP contribution in [0.5, 0.6) is 5.75 Å². The summed E-state index contributed by atoms with van der Waals surface area (Å²) in [6.07, 6.45) is 0. The average molecular weight is 297 g/mol. The number of nitrogens with one attached hydrogen (secondary N) is 1. The second-order valence-electron chi connectivity index (χ2n) is 3.73. The topological polar surface area (TPSA) is 64.3 Å². The van der Waals surface area contributed by atoms with E-state index >= 15 is 0 Å². The van der Waals surface area contributed by atoms with E-state index in [4.69, 9.17) is 22.1 Å². The van der Waals surface area contributed by atoms with Crippen molar-refractivity contribution < 1.29 is 9.53 Å². The van der Waals surface area contributed by atoms with E-state index in [1.807, 2.05) is 6.92 Å². The van der Waals surface area contributed by atoms with Gasteiger partial charge in [-0.1, -0.05) is 11.6 Å². The van der Waals surface area contributed by atoms with Crippen LogP contribution in [0.25, 0.3) is 0 Å². The predicted molar refractivity (Wildman–Crippen MR) is 79.3 cm³/mol. The summed E-state index contributed by atoms with van der Waals surface area (Å²) < 4.78 is 5.44. The van der Waals surface area contributed by atoms with Crippen molar-refractivity contribution in [1.82, 2.24) is 0 Å². The summed E-state index contributed by atoms with van der Waals surface area (Å²) in [5, 5.41) is 5.06. The van der Waals surface area contributed by atoms with Gasteiger partial charge in [0.2, 0.25) is 0 Å². The Bertz CT molecular complexity index is 598. The molecule has 0 unspecified atom stereocenters. The zero-order valence-electron chi connectivity index (χ0n) is 10.3. The molecule has 0 aliphatic rings. The van der Waals surface area contributed by atoms with Gasteiger partial charge in [-0.3, -0.25) is 4.79 Å². The van der Waals surface area contributed by atoms with Gasteiger partial charge >= 0.3 is 0 Å². The molecule has 0 aliphatic heterocycles. The number of halogens is 1. The molecule has 6 heteroatoms. The maximum absolute atomic E-state index is 12.1. The molecule has 0 bridgehead atoms. The normalized spacial score (nSPS) is 10.2. The third-order valence-electron chi connectivity index (χ3n) is 2.39. The van der Waals surface area contributed by atoms with Crippen molar-refractivity contribution >= 4 is 40.2 Å². The van der Waals surface area contributed by atoms with Crippen molar-refractivity contribution in [1.29, 1.82) is 0 Å². The van der Waals surface area contributed by atoms with Crippen LogP contribution in [-0.4, -0.2) is 12.5 Å². The van der Waals surface area contributed by atoms with Crippen LogP contribution < -0.4 is 15.8 Å². The van der Waals surface area contributed by atoms with Crippen LogP contribution in [0.15, 0.2) is 29.6 Å². The van der Waals surface area contributed by atoms with E-state index in [0.29, 0.717) is 33.6 Å². The Morgan fingerprint density at radius 1 is 1.47 bits per heavy atom. The lowest BCUT2D eigenvalue weighted by Gasteiger charge is -2.11. The summed E-state index contributed by atoms with van der Waals surface area (Å²) in [6.45, 7) is 2.38. The van der Waals surface area contributed by atoms with Crippen molar-refractivity contribution in [2.75, 3.05) is 17.7 Å². The van der Waals surface area contributed by atoms with Gasteiger partial charge in [0.05, 0.1) is 18.0 Å². The number of ether oxygens (including phenoxy) is 1. The lowest BCUT2D eigenvalue weighted by molar-refractivity contribution is 0.103. The van der Waals surface area contributed by atoms with E-state index < -0.39 is 0 Å². The Labute approximate surface area is 120 Å². The minimum Gasteiger partial charge on any atom is -0.492 e. The quantitative estimate of drug-likeness (QED) is 0.905. The number of carbonyl (C=O) groups is 1. The molecule has 0 radical (unpaired) electrons. The first kappa shape index (κ1) is 13.7. The standard InChI is InChI=1S/C13H13ClN2O2S/c1-2-18-11-4-3-8(14)7-10(11)16-13(17)12-9(15)5-6-19-12/h3-7H,2,15H2,1H3,(H,16,17). The molecule has 0 spiro atoms. The molecule has 1 heterocycles. The van der Waals surface area contributed by atoms with Crippen molar-refractivity contribution in [3.63, 3.8) is 0 Å². The van der Waals surface area contributed by atoms with E-state index in [2.05, 4.69) is 5.32 Å². The van der Waals surface area contributed by atoms with Crippen molar-refractivity contribution in [2.24, 2.45) is 0 Å². The van der Waals surface area contributed by atoms with Gasteiger partial charge in [0.1, 0.15) is 10.6 Å². The molecule has 2 aromatic rings. The van der Waals surface area contributed by atoms with Crippen LogP contribution >= 0.6 is 22.9 Å². The number of anilines is 2. The Kier molecular flexibility index (Phi) is 4.29. The smallest absolute Gasteiger partial charge is 0.267 e. The van der Waals surface area contributed by atoms with E-state index in [-0.39, 0.29) is 5.91 Å². The van der Waals surface area contributed by atoms with Gasteiger partial charge in [-0.05, 0) is 36.6 Å². The van der Waals surface area contributed by atoms with Crippen molar-refractivity contribution in [3.8, 4) is 5.75 Å². The molecule has 0 fully saturated rings. The third kappa shape index (κ3) is 3.19. The van der Waals surface area contributed by atoms with E-state index in [0.717, 1.165) is 0 Å². The molecule has 0 saturated carbocycles. The summed E-state index contributed by atoms with van der Waals surface area (Å²) in [4.78, 5) is 12.6. The third-order valence-corrected chi connectivity index (χ3v) is 3.56. The first-order valence-electron chi connectivity index (χ1n) is 5.68. The minimum atomic E-state index is -0.268. The minimum absolute atomic E-state index is 0.268. The fourth-order valence-corrected chi connectivity index (χ4v) is 2.45. The number of benzene rings is 1. The van der Waals surface area contributed by atoms with Crippen LogP contribution in [0.1, 0.15) is 16.6 Å². The predicted octanol–water partition coefficient (Wildman–Crippen LogP) is 3.63. The number of nitrogens with two attached hydrogens (primary N) is 1. The summed E-state index contributed by atoms with van der Waals surface area (Å²) >= 11 is 7.22. The second kappa shape index (κ2) is 5.95. The molecule has 4 nitrogen and oxygen atoms in total. The molecular formula is C13H13ClN2O2S. The number of nitrogen functional groups attached to an aromatic ring is 1. The fourth-order valence-electron chi connectivity index (χ4n) is 1.56. The van der Waals surface area contributed by atoms with Crippen LogP contribution in [-0.2, 0) is 0 Å². The molecule has 1 aromatic carbocycles. The summed E-state index contributed by atoms with van der Waals surface area (Å²) in [5.41, 5.74) is 6.71. The SMILES string of the molecule is CCOc1ccc(Cl)cc1NC(=O)c1sccc1N. The number of amides is 1. The summed E-state index contributed by atoms with van der Waals surface area (Å²) in [5.74, 6) is 0.311. The average Bonchev–Trinajstić information content (AvgIpc) is 2.79. The first-order chi connectivity index (χ1) is 9.11. The van der Waals surface area contributed by atoms with Crippen molar-refractivity contribution in [3.05, 3.63) is 39.5 Å². The first-order valence-corrected chi connectivity index (χ1v) is 6.94. The van der Waals surface area contributed by atoms with E-state index in [1.54, 1.807) is 29.6 Å². The Hall–Kier alpha value is -1.72. The van der Waals surface area contributed by atoms with Gasteiger partial charge in [-0.15, -0.1) is 11.3 Å². The Balaban J connectivity index is 2.25. The second-order valence-corrected chi connectivity index (χ2v) is 5.09.